The van der Waals surface area contributed by atoms with E-state index >= 15 is 0 Å². The van der Waals surface area contributed by atoms with Gasteiger partial charge >= 0.3 is 0 Å². The Kier molecular flexibility index (Phi) is 3.87. The van der Waals surface area contributed by atoms with Gasteiger partial charge in [-0.2, -0.15) is 0 Å². The molecule has 96 valence electrons. The van der Waals surface area contributed by atoms with Crippen LogP contribution < -0.4 is 14.8 Å². The molecule has 1 saturated carbocycles. The topological polar surface area (TPSA) is 47.6 Å². The quantitative estimate of drug-likeness (QED) is 0.831. The van der Waals surface area contributed by atoms with E-state index in [1.54, 1.807) is 20.4 Å². The van der Waals surface area contributed by atoms with Crippen LogP contribution in [0.3, 0.4) is 0 Å². The van der Waals surface area contributed by atoms with Crippen LogP contribution in [0.2, 0.25) is 0 Å². The Morgan fingerprint density at radius 3 is 2.67 bits per heavy atom. The molecule has 0 bridgehead atoms. The summed E-state index contributed by atoms with van der Waals surface area (Å²) in [5.74, 6) is 1.69. The molecule has 0 aliphatic heterocycles. The molecule has 0 heterocycles. The minimum absolute atomic E-state index is 0.226. The third-order valence-corrected chi connectivity index (χ3v) is 3.02. The van der Waals surface area contributed by atoms with Crippen molar-refractivity contribution in [3.8, 4) is 11.5 Å². The smallest absolute Gasteiger partial charge is 0.160 e. The second kappa shape index (κ2) is 5.58. The number of ether oxygens (including phenoxy) is 2. The van der Waals surface area contributed by atoms with Crippen molar-refractivity contribution in [3.63, 3.8) is 0 Å². The summed E-state index contributed by atoms with van der Waals surface area (Å²) in [5.41, 5.74) is 1.64. The first-order valence-electron chi connectivity index (χ1n) is 5.95. The molecule has 2 rings (SSSR count). The van der Waals surface area contributed by atoms with Gasteiger partial charge in [-0.25, -0.2) is 0 Å². The summed E-state index contributed by atoms with van der Waals surface area (Å²) in [6.45, 7) is 0. The van der Waals surface area contributed by atoms with Crippen molar-refractivity contribution in [2.45, 2.75) is 19.3 Å². The van der Waals surface area contributed by atoms with Crippen molar-refractivity contribution in [2.24, 2.45) is 0 Å². The molecule has 0 saturated heterocycles. The third-order valence-electron chi connectivity index (χ3n) is 3.02. The third kappa shape index (κ3) is 2.64. The van der Waals surface area contributed by atoms with Gasteiger partial charge in [0.1, 0.15) is 11.5 Å². The van der Waals surface area contributed by atoms with E-state index in [0.717, 1.165) is 35.6 Å². The molecule has 1 N–H and O–H groups in total. The first kappa shape index (κ1) is 12.5. The van der Waals surface area contributed by atoms with E-state index in [-0.39, 0.29) is 5.78 Å². The first-order valence-corrected chi connectivity index (χ1v) is 5.95. The molecule has 1 fully saturated rings. The number of carbonyl (C=O) groups is 1. The van der Waals surface area contributed by atoms with Crippen LogP contribution in [0.5, 0.6) is 11.5 Å². The van der Waals surface area contributed by atoms with Crippen molar-refractivity contribution < 1.29 is 14.3 Å². The number of rotatable bonds is 4. The molecule has 0 unspecified atom stereocenters. The molecule has 1 aliphatic carbocycles. The number of carbonyl (C=O) groups excluding carboxylic acids is 1. The van der Waals surface area contributed by atoms with Gasteiger partial charge in [-0.05, 0) is 25.0 Å². The fourth-order valence-electron chi connectivity index (χ4n) is 1.98. The monoisotopic (exact) mass is 247 g/mol. The van der Waals surface area contributed by atoms with E-state index in [1.807, 2.05) is 18.2 Å². The predicted octanol–water partition coefficient (Wildman–Crippen LogP) is 2.75. The number of allylic oxidation sites excluding steroid dienone is 1. The van der Waals surface area contributed by atoms with Gasteiger partial charge in [0.25, 0.3) is 0 Å². The van der Waals surface area contributed by atoms with Crippen LogP contribution in [0.1, 0.15) is 19.3 Å². The summed E-state index contributed by atoms with van der Waals surface area (Å²) in [6, 6.07) is 5.50. The largest absolute Gasteiger partial charge is 0.497 e. The zero-order chi connectivity index (χ0) is 13.0. The van der Waals surface area contributed by atoms with E-state index in [4.69, 9.17) is 9.47 Å². The maximum atomic E-state index is 11.5. The first-order chi connectivity index (χ1) is 8.74. The van der Waals surface area contributed by atoms with Crippen LogP contribution in [0.15, 0.2) is 30.0 Å². The molecule has 0 spiro atoms. The lowest BCUT2D eigenvalue weighted by Gasteiger charge is -2.10. The lowest BCUT2D eigenvalue weighted by molar-refractivity contribution is -0.114. The number of Topliss-reactive ketones (excluding diaryl/α,β-unsaturated/α-hetero) is 1. The molecule has 1 aromatic rings. The van der Waals surface area contributed by atoms with Crippen LogP contribution in [0.4, 0.5) is 5.69 Å². The van der Waals surface area contributed by atoms with Gasteiger partial charge < -0.3 is 14.8 Å². The Hall–Kier alpha value is -1.97. The number of methoxy groups -OCH3 is 2. The second-order valence-corrected chi connectivity index (χ2v) is 4.16. The van der Waals surface area contributed by atoms with Gasteiger partial charge in [0.05, 0.1) is 19.9 Å². The van der Waals surface area contributed by atoms with Crippen LogP contribution in [-0.4, -0.2) is 20.0 Å². The predicted molar refractivity (Wildman–Crippen MR) is 70.1 cm³/mol. The minimum Gasteiger partial charge on any atom is -0.497 e. The zero-order valence-corrected chi connectivity index (χ0v) is 10.7. The molecular formula is C14H17NO3. The SMILES string of the molecule is COc1ccc(OC)c(N/C=C2/CCCC2=O)c1. The summed E-state index contributed by atoms with van der Waals surface area (Å²) in [5, 5.41) is 3.12. The van der Waals surface area contributed by atoms with Gasteiger partial charge in [-0.3, -0.25) is 4.79 Å². The van der Waals surface area contributed by atoms with Crippen molar-refractivity contribution >= 4 is 11.5 Å². The van der Waals surface area contributed by atoms with Gasteiger partial charge in [-0.15, -0.1) is 0 Å². The average Bonchev–Trinajstić information content (AvgIpc) is 2.81. The molecule has 4 nitrogen and oxygen atoms in total. The highest BCUT2D eigenvalue weighted by Crippen LogP contribution is 2.29. The highest BCUT2D eigenvalue weighted by molar-refractivity contribution is 5.97. The standard InChI is InChI=1S/C14H17NO3/c1-17-11-6-7-14(18-2)12(8-11)15-9-10-4-3-5-13(10)16/h6-9,15H,3-5H2,1-2H3/b10-9-. The van der Waals surface area contributed by atoms with E-state index in [9.17, 15) is 4.79 Å². The molecule has 0 aromatic heterocycles. The number of benzene rings is 1. The maximum absolute atomic E-state index is 11.5. The van der Waals surface area contributed by atoms with Crippen LogP contribution >= 0.6 is 0 Å². The van der Waals surface area contributed by atoms with E-state index in [1.165, 1.54) is 0 Å². The van der Waals surface area contributed by atoms with Crippen molar-refractivity contribution in [1.29, 1.82) is 0 Å². The fourth-order valence-corrected chi connectivity index (χ4v) is 1.98. The van der Waals surface area contributed by atoms with Crippen LogP contribution in [-0.2, 0) is 4.79 Å². The van der Waals surface area contributed by atoms with Gasteiger partial charge in [-0.1, -0.05) is 0 Å². The zero-order valence-electron chi connectivity index (χ0n) is 10.7. The molecular weight excluding hydrogens is 230 g/mol. The molecule has 18 heavy (non-hydrogen) atoms. The van der Waals surface area contributed by atoms with Crippen molar-refractivity contribution in [3.05, 3.63) is 30.0 Å². The second-order valence-electron chi connectivity index (χ2n) is 4.16. The van der Waals surface area contributed by atoms with E-state index < -0.39 is 0 Å². The highest BCUT2D eigenvalue weighted by atomic mass is 16.5. The Morgan fingerprint density at radius 1 is 1.22 bits per heavy atom. The Balaban J connectivity index is 2.19. The molecule has 1 aliphatic rings. The number of hydrogen-bond donors (Lipinski definition) is 1. The Morgan fingerprint density at radius 2 is 2.06 bits per heavy atom. The Labute approximate surface area is 107 Å². The lowest BCUT2D eigenvalue weighted by atomic mass is 10.2. The lowest BCUT2D eigenvalue weighted by Crippen LogP contribution is -1.98. The van der Waals surface area contributed by atoms with Crippen molar-refractivity contribution in [2.75, 3.05) is 19.5 Å². The highest BCUT2D eigenvalue weighted by Gasteiger charge is 2.16. The van der Waals surface area contributed by atoms with E-state index in [0.29, 0.717) is 6.42 Å². The fraction of sp³-hybridized carbons (Fsp3) is 0.357. The van der Waals surface area contributed by atoms with Gasteiger partial charge in [0, 0.05) is 24.3 Å². The van der Waals surface area contributed by atoms with Crippen molar-refractivity contribution in [1.82, 2.24) is 0 Å². The summed E-state index contributed by atoms with van der Waals surface area (Å²) in [7, 11) is 3.23. The molecule has 0 radical (unpaired) electrons. The number of hydrogen-bond acceptors (Lipinski definition) is 4. The summed E-state index contributed by atoms with van der Waals surface area (Å²) >= 11 is 0. The van der Waals surface area contributed by atoms with Crippen LogP contribution in [0.25, 0.3) is 0 Å². The van der Waals surface area contributed by atoms with Gasteiger partial charge in [0.2, 0.25) is 0 Å². The molecule has 1 aromatic carbocycles. The molecule has 4 heteroatoms. The van der Waals surface area contributed by atoms with Crippen LogP contribution in [0, 0.1) is 0 Å². The molecule has 0 atom stereocenters. The van der Waals surface area contributed by atoms with Gasteiger partial charge in [0.15, 0.2) is 5.78 Å². The average molecular weight is 247 g/mol. The summed E-state index contributed by atoms with van der Waals surface area (Å²) in [4.78, 5) is 11.5. The maximum Gasteiger partial charge on any atom is 0.160 e. The summed E-state index contributed by atoms with van der Waals surface area (Å²) < 4.78 is 10.4. The van der Waals surface area contributed by atoms with E-state index in [2.05, 4.69) is 5.32 Å². The Bertz CT molecular complexity index is 480. The summed E-state index contributed by atoms with van der Waals surface area (Å²) in [6.07, 6.45) is 4.22. The normalized spacial score (nSPS) is 17.0. The molecule has 0 amide bonds. The minimum atomic E-state index is 0.226. The number of anilines is 1. The number of ketones is 1. The number of nitrogens with one attached hydrogen (secondary N) is 1.